The third-order valence-corrected chi connectivity index (χ3v) is 11.7. The molecule has 2 bridgehead atoms. The lowest BCUT2D eigenvalue weighted by Gasteiger charge is -2.61. The van der Waals surface area contributed by atoms with Gasteiger partial charge in [0.2, 0.25) is 0 Å². The molecule has 2 saturated heterocycles. The van der Waals surface area contributed by atoms with Gasteiger partial charge in [-0.25, -0.2) is 9.59 Å². The first kappa shape index (κ1) is 27.3. The minimum absolute atomic E-state index is 0.0558. The number of rotatable bonds is 2. The zero-order valence-corrected chi connectivity index (χ0v) is 23.4. The Labute approximate surface area is 225 Å². The van der Waals surface area contributed by atoms with Crippen LogP contribution in [0.4, 0.5) is 9.59 Å². The maximum absolute atomic E-state index is 13.7. The standard InChI is InChI=1S/C29H43N3O6/c1-7-26(4)16-20(38-25(37)32-23(35)29(30-24(32)36)12-14-31(6)15-13-29)27(5)17(2)8-10-28(18(3)22(26)34)11-9-19(33)21(27)28/h7,17-18,20-22,34H,1,8-16H2,2-6H3,(H,30,36)/t17?,18-,20+,21?,22-,26+,27-,28?/m0/s1. The van der Waals surface area contributed by atoms with Gasteiger partial charge in [-0.1, -0.05) is 33.8 Å². The summed E-state index contributed by atoms with van der Waals surface area (Å²) in [5, 5.41) is 14.4. The van der Waals surface area contributed by atoms with Gasteiger partial charge in [-0.2, -0.15) is 4.90 Å². The number of Topliss-reactive ketones (excluding diaryl/α,β-unsaturated/α-hetero) is 1. The van der Waals surface area contributed by atoms with Crippen molar-refractivity contribution in [1.29, 1.82) is 0 Å². The van der Waals surface area contributed by atoms with Crippen LogP contribution in [0.2, 0.25) is 0 Å². The molecule has 2 heterocycles. The van der Waals surface area contributed by atoms with Gasteiger partial charge in [0.1, 0.15) is 17.4 Å². The van der Waals surface area contributed by atoms with E-state index in [0.29, 0.717) is 43.7 Å². The van der Waals surface area contributed by atoms with Gasteiger partial charge in [0.15, 0.2) is 0 Å². The second-order valence-corrected chi connectivity index (χ2v) is 13.4. The first-order valence-electron chi connectivity index (χ1n) is 14.2. The Morgan fingerprint density at radius 1 is 1.13 bits per heavy atom. The Hall–Kier alpha value is -2.26. The van der Waals surface area contributed by atoms with Crippen molar-refractivity contribution >= 4 is 23.8 Å². The molecule has 3 saturated carbocycles. The fraction of sp³-hybridized carbons (Fsp3) is 0.793. The Kier molecular flexibility index (Phi) is 6.38. The molecule has 0 radical (unpaired) electrons. The van der Waals surface area contributed by atoms with E-state index in [0.717, 1.165) is 12.8 Å². The lowest BCUT2D eigenvalue weighted by Crippen LogP contribution is -2.63. The molecule has 0 aromatic heterocycles. The van der Waals surface area contributed by atoms with Gasteiger partial charge in [0.25, 0.3) is 5.91 Å². The van der Waals surface area contributed by atoms with Gasteiger partial charge >= 0.3 is 12.1 Å². The van der Waals surface area contributed by atoms with E-state index in [9.17, 15) is 24.3 Å². The molecule has 210 valence electrons. The normalized spacial score (nSPS) is 44.8. The number of carbonyl (C=O) groups is 4. The Balaban J connectivity index is 1.52. The number of likely N-dealkylation sites (tertiary alicyclic amines) is 1. The molecule has 3 aliphatic carbocycles. The van der Waals surface area contributed by atoms with Crippen molar-refractivity contribution in [2.45, 2.75) is 90.4 Å². The van der Waals surface area contributed by atoms with Crippen LogP contribution >= 0.6 is 0 Å². The van der Waals surface area contributed by atoms with Gasteiger partial charge in [-0.05, 0) is 62.8 Å². The Bertz CT molecular complexity index is 1070. The summed E-state index contributed by atoms with van der Waals surface area (Å²) in [4.78, 5) is 56.4. The lowest BCUT2D eigenvalue weighted by molar-refractivity contribution is -0.192. The number of imide groups is 3. The van der Waals surface area contributed by atoms with E-state index in [-0.39, 0.29) is 30.0 Å². The summed E-state index contributed by atoms with van der Waals surface area (Å²) in [7, 11) is 1.96. The fourth-order valence-electron chi connectivity index (χ4n) is 8.80. The predicted molar refractivity (Wildman–Crippen MR) is 140 cm³/mol. The van der Waals surface area contributed by atoms with Crippen molar-refractivity contribution in [2.75, 3.05) is 20.1 Å². The lowest BCUT2D eigenvalue weighted by atomic mass is 9.44. The predicted octanol–water partition coefficient (Wildman–Crippen LogP) is 3.50. The van der Waals surface area contributed by atoms with Gasteiger partial charge in [0.05, 0.1) is 6.10 Å². The molecular formula is C29H43N3O6. The van der Waals surface area contributed by atoms with Crippen LogP contribution in [0.1, 0.15) is 72.6 Å². The summed E-state index contributed by atoms with van der Waals surface area (Å²) in [5.74, 6) is -0.874. The van der Waals surface area contributed by atoms with Crippen LogP contribution in [0.25, 0.3) is 0 Å². The molecule has 2 N–H and O–H groups in total. The van der Waals surface area contributed by atoms with Gasteiger partial charge in [0, 0.05) is 36.3 Å². The topological polar surface area (TPSA) is 116 Å². The van der Waals surface area contributed by atoms with Crippen molar-refractivity contribution in [3.63, 3.8) is 0 Å². The molecule has 0 aromatic carbocycles. The number of hydrogen-bond donors (Lipinski definition) is 2. The number of piperidine rings is 1. The Morgan fingerprint density at radius 3 is 2.42 bits per heavy atom. The number of carbonyl (C=O) groups excluding carboxylic acids is 4. The molecule has 3 unspecified atom stereocenters. The largest absolute Gasteiger partial charge is 0.445 e. The van der Waals surface area contributed by atoms with Gasteiger partial charge in [-0.15, -0.1) is 6.58 Å². The van der Waals surface area contributed by atoms with Crippen LogP contribution in [-0.2, 0) is 14.3 Å². The molecule has 8 atom stereocenters. The van der Waals surface area contributed by atoms with E-state index in [2.05, 4.69) is 30.6 Å². The average Bonchev–Trinajstić information content (AvgIpc) is 3.35. The number of hydrogen-bond acceptors (Lipinski definition) is 7. The van der Waals surface area contributed by atoms with E-state index >= 15 is 0 Å². The molecule has 0 aromatic rings. The zero-order valence-electron chi connectivity index (χ0n) is 23.4. The van der Waals surface area contributed by atoms with Crippen LogP contribution in [-0.4, -0.2) is 76.6 Å². The fourth-order valence-corrected chi connectivity index (χ4v) is 8.80. The zero-order chi connectivity index (χ0) is 27.8. The van der Waals surface area contributed by atoms with Crippen LogP contribution in [0, 0.1) is 34.0 Å². The second kappa shape index (κ2) is 8.88. The van der Waals surface area contributed by atoms with E-state index in [4.69, 9.17) is 4.74 Å². The number of urea groups is 1. The summed E-state index contributed by atoms with van der Waals surface area (Å²) in [6, 6.07) is -0.760. The van der Waals surface area contributed by atoms with Crippen LogP contribution < -0.4 is 5.32 Å². The van der Waals surface area contributed by atoms with Crippen molar-refractivity contribution in [1.82, 2.24) is 15.1 Å². The molecule has 4 amide bonds. The highest BCUT2D eigenvalue weighted by molar-refractivity contribution is 6.16. The quantitative estimate of drug-likeness (QED) is 0.415. The van der Waals surface area contributed by atoms with E-state index in [1.807, 2.05) is 20.9 Å². The highest BCUT2D eigenvalue weighted by Crippen LogP contribution is 2.68. The number of aliphatic hydroxyl groups is 1. The van der Waals surface area contributed by atoms with E-state index in [1.54, 1.807) is 6.08 Å². The SMILES string of the molecule is C=C[C@]1(C)C[C@@H](OC(=O)N2C(=O)NC3(CCN(C)CC3)C2=O)[C@]2(C)C(C)CCC3(CCC(=O)C32)[C@@H](C)[C@@H]1O. The molecule has 9 heteroatoms. The highest BCUT2D eigenvalue weighted by atomic mass is 16.6. The number of nitrogens with one attached hydrogen (secondary N) is 1. The van der Waals surface area contributed by atoms with Crippen molar-refractivity contribution in [3.05, 3.63) is 12.7 Å². The van der Waals surface area contributed by atoms with Gasteiger partial charge < -0.3 is 20.1 Å². The summed E-state index contributed by atoms with van der Waals surface area (Å²) in [6.45, 7) is 13.4. The minimum atomic E-state index is -1.09. The van der Waals surface area contributed by atoms with Crippen molar-refractivity contribution in [3.8, 4) is 0 Å². The van der Waals surface area contributed by atoms with Crippen LogP contribution in [0.15, 0.2) is 12.7 Å². The number of ketones is 1. The maximum Gasteiger partial charge on any atom is 0.425 e. The number of amides is 4. The maximum atomic E-state index is 13.7. The first-order chi connectivity index (χ1) is 17.8. The monoisotopic (exact) mass is 529 g/mol. The summed E-state index contributed by atoms with van der Waals surface area (Å²) in [6.07, 6.45) is 3.06. The second-order valence-electron chi connectivity index (χ2n) is 13.4. The number of aliphatic hydroxyl groups excluding tert-OH is 1. The number of ether oxygens (including phenoxy) is 1. The van der Waals surface area contributed by atoms with Gasteiger partial charge in [-0.3, -0.25) is 9.59 Å². The average molecular weight is 530 g/mol. The summed E-state index contributed by atoms with van der Waals surface area (Å²) in [5.41, 5.74) is -3.00. The summed E-state index contributed by atoms with van der Waals surface area (Å²) < 4.78 is 6.18. The molecule has 38 heavy (non-hydrogen) atoms. The molecule has 9 nitrogen and oxygen atoms in total. The minimum Gasteiger partial charge on any atom is -0.445 e. The molecular weight excluding hydrogens is 486 g/mol. The van der Waals surface area contributed by atoms with Crippen LogP contribution in [0.5, 0.6) is 0 Å². The summed E-state index contributed by atoms with van der Waals surface area (Å²) >= 11 is 0. The van der Waals surface area contributed by atoms with E-state index < -0.39 is 52.0 Å². The molecule has 1 spiro atoms. The van der Waals surface area contributed by atoms with Crippen molar-refractivity contribution in [2.24, 2.45) is 34.0 Å². The third kappa shape index (κ3) is 3.56. The molecule has 2 aliphatic heterocycles. The third-order valence-electron chi connectivity index (χ3n) is 11.7. The smallest absolute Gasteiger partial charge is 0.425 e. The highest BCUT2D eigenvalue weighted by Gasteiger charge is 2.68. The molecule has 5 aliphatic rings. The van der Waals surface area contributed by atoms with E-state index in [1.165, 1.54) is 0 Å². The first-order valence-corrected chi connectivity index (χ1v) is 14.2. The number of nitrogens with zero attached hydrogens (tertiary/aromatic N) is 2. The molecule has 5 rings (SSSR count). The Morgan fingerprint density at radius 2 is 1.79 bits per heavy atom. The molecule has 5 fully saturated rings. The van der Waals surface area contributed by atoms with Crippen LogP contribution in [0.3, 0.4) is 0 Å². The van der Waals surface area contributed by atoms with Crippen molar-refractivity contribution < 1.29 is 29.0 Å².